The van der Waals surface area contributed by atoms with E-state index in [-0.39, 0.29) is 12.0 Å². The molecule has 50 heavy (non-hydrogen) atoms. The van der Waals surface area contributed by atoms with E-state index >= 15 is 0 Å². The van der Waals surface area contributed by atoms with Crippen molar-refractivity contribution in [2.45, 2.75) is 18.9 Å². The third-order valence-electron chi connectivity index (χ3n) is 9.55. The minimum atomic E-state index is 0.242. The molecule has 6 aromatic rings. The molecule has 0 saturated carbocycles. The molecule has 1 aliphatic carbocycles. The van der Waals surface area contributed by atoms with Gasteiger partial charge in [0.2, 0.25) is 0 Å². The third-order valence-corrected chi connectivity index (χ3v) is 9.55. The van der Waals surface area contributed by atoms with Crippen LogP contribution in [0.15, 0.2) is 199 Å². The van der Waals surface area contributed by atoms with Gasteiger partial charge in [0.15, 0.2) is 5.84 Å². The Hall–Kier alpha value is -6.32. The SMILES string of the molecule is C=C(/N=C(\N=C(/C)c1ccccc1)c1ccccc1)c1cccc(-c2cccc(C3=CC4c5ccccc5N(c5ccccc5)C4C=C3)c2)c1. The first kappa shape index (κ1) is 31.0. The highest BCUT2D eigenvalue weighted by Crippen LogP contribution is 2.49. The normalized spacial score (nSPS) is 16.8. The standard InChI is InChI=1S/C47H37N3/c1-33(35-16-6-3-7-17-35)48-47(36-18-8-4-9-19-36)49-34(2)37-20-14-21-38(30-37)39-22-15-23-40(31-39)41-28-29-46-44(32-41)43-26-12-13-27-45(43)50(46)42-24-10-5-11-25-42/h3-32,44,46H,2H2,1H3/b48-33+,49-47-. The molecule has 2 unspecified atom stereocenters. The molecule has 0 N–H and O–H groups in total. The summed E-state index contributed by atoms with van der Waals surface area (Å²) in [7, 11) is 0. The Morgan fingerprint density at radius 3 is 1.94 bits per heavy atom. The number of nitrogens with zero attached hydrogens (tertiary/aromatic N) is 3. The average molecular weight is 644 g/mol. The van der Waals surface area contributed by atoms with Crippen LogP contribution in [0.4, 0.5) is 11.4 Å². The molecule has 1 heterocycles. The summed E-state index contributed by atoms with van der Waals surface area (Å²) < 4.78 is 0. The average Bonchev–Trinajstić information content (AvgIpc) is 3.52. The van der Waals surface area contributed by atoms with E-state index in [2.05, 4.69) is 145 Å². The molecular formula is C47H37N3. The number of allylic oxidation sites excluding steroid dienone is 2. The van der Waals surface area contributed by atoms with Crippen LogP contribution in [0.5, 0.6) is 0 Å². The predicted octanol–water partition coefficient (Wildman–Crippen LogP) is 11.5. The molecule has 240 valence electrons. The van der Waals surface area contributed by atoms with Gasteiger partial charge in [-0.1, -0.05) is 158 Å². The number of rotatable bonds is 7. The first-order valence-corrected chi connectivity index (χ1v) is 17.1. The van der Waals surface area contributed by atoms with E-state index in [9.17, 15) is 0 Å². The largest absolute Gasteiger partial charge is 0.333 e. The first-order valence-electron chi connectivity index (χ1n) is 17.1. The fraction of sp³-hybridized carbons (Fsp3) is 0.0638. The number of anilines is 2. The molecule has 0 saturated heterocycles. The predicted molar refractivity (Wildman–Crippen MR) is 211 cm³/mol. The Morgan fingerprint density at radius 2 is 1.18 bits per heavy atom. The van der Waals surface area contributed by atoms with Crippen molar-refractivity contribution in [3.63, 3.8) is 0 Å². The van der Waals surface area contributed by atoms with Crippen molar-refractivity contribution in [3.8, 4) is 11.1 Å². The Balaban J connectivity index is 1.09. The second-order valence-electron chi connectivity index (χ2n) is 12.7. The summed E-state index contributed by atoms with van der Waals surface area (Å²) in [5, 5.41) is 0. The number of para-hydroxylation sites is 2. The maximum Gasteiger partial charge on any atom is 0.160 e. The maximum atomic E-state index is 5.00. The summed E-state index contributed by atoms with van der Waals surface area (Å²) in [6.07, 6.45) is 7.11. The zero-order valence-corrected chi connectivity index (χ0v) is 28.0. The first-order chi connectivity index (χ1) is 24.6. The highest BCUT2D eigenvalue weighted by Gasteiger charge is 2.38. The second-order valence-corrected chi connectivity index (χ2v) is 12.7. The van der Waals surface area contributed by atoms with Crippen molar-refractivity contribution < 1.29 is 0 Å². The van der Waals surface area contributed by atoms with Gasteiger partial charge in [0.05, 0.1) is 11.7 Å². The van der Waals surface area contributed by atoms with Gasteiger partial charge in [0, 0.05) is 34.1 Å². The van der Waals surface area contributed by atoms with Crippen molar-refractivity contribution in [1.29, 1.82) is 0 Å². The Kier molecular flexibility index (Phi) is 8.46. The number of hydrogen-bond acceptors (Lipinski definition) is 2. The van der Waals surface area contributed by atoms with Crippen LogP contribution in [0, 0.1) is 0 Å². The summed E-state index contributed by atoms with van der Waals surface area (Å²) in [6.45, 7) is 6.41. The molecule has 6 aromatic carbocycles. The lowest BCUT2D eigenvalue weighted by atomic mass is 9.85. The fourth-order valence-corrected chi connectivity index (χ4v) is 7.02. The molecule has 0 radical (unpaired) electrons. The molecule has 3 nitrogen and oxygen atoms in total. The van der Waals surface area contributed by atoms with E-state index < -0.39 is 0 Å². The smallest absolute Gasteiger partial charge is 0.160 e. The van der Waals surface area contributed by atoms with E-state index in [4.69, 9.17) is 9.98 Å². The maximum absolute atomic E-state index is 5.00. The molecular weight excluding hydrogens is 607 g/mol. The molecule has 8 rings (SSSR count). The summed E-state index contributed by atoms with van der Waals surface area (Å²) >= 11 is 0. The summed E-state index contributed by atoms with van der Waals surface area (Å²) in [6, 6.07) is 57.4. The van der Waals surface area contributed by atoms with Gasteiger partial charge in [-0.05, 0) is 70.6 Å². The second kappa shape index (κ2) is 13.7. The van der Waals surface area contributed by atoms with Crippen molar-refractivity contribution >= 4 is 34.2 Å². The van der Waals surface area contributed by atoms with Gasteiger partial charge < -0.3 is 4.90 Å². The number of fused-ring (bicyclic) bond motifs is 3. The molecule has 0 amide bonds. The van der Waals surface area contributed by atoms with Crippen LogP contribution >= 0.6 is 0 Å². The monoisotopic (exact) mass is 643 g/mol. The minimum Gasteiger partial charge on any atom is -0.333 e. The lowest BCUT2D eigenvalue weighted by Crippen LogP contribution is -2.28. The van der Waals surface area contributed by atoms with Gasteiger partial charge >= 0.3 is 0 Å². The Labute approximate surface area is 294 Å². The van der Waals surface area contributed by atoms with Gasteiger partial charge in [-0.2, -0.15) is 0 Å². The number of aliphatic imine (C=N–C) groups is 2. The van der Waals surface area contributed by atoms with Crippen molar-refractivity contribution in [2.24, 2.45) is 9.98 Å². The summed E-state index contributed by atoms with van der Waals surface area (Å²) in [4.78, 5) is 12.4. The third kappa shape index (κ3) is 6.18. The fourth-order valence-electron chi connectivity index (χ4n) is 7.02. The van der Waals surface area contributed by atoms with Crippen molar-refractivity contribution in [1.82, 2.24) is 0 Å². The Bertz CT molecular complexity index is 2300. The zero-order chi connectivity index (χ0) is 33.9. The highest BCUT2D eigenvalue weighted by atomic mass is 15.2. The molecule has 0 bridgehead atoms. The van der Waals surface area contributed by atoms with E-state index in [1.807, 2.05) is 55.5 Å². The van der Waals surface area contributed by atoms with Crippen LogP contribution in [0.1, 0.15) is 40.7 Å². The molecule has 0 aromatic heterocycles. The van der Waals surface area contributed by atoms with Gasteiger partial charge in [-0.15, -0.1) is 0 Å². The quantitative estimate of drug-likeness (QED) is 0.126. The highest BCUT2D eigenvalue weighted by molar-refractivity contribution is 6.12. The molecule has 2 aliphatic rings. The zero-order valence-electron chi connectivity index (χ0n) is 28.0. The van der Waals surface area contributed by atoms with Gasteiger partial charge in [-0.25, -0.2) is 9.98 Å². The molecule has 1 aliphatic heterocycles. The number of hydrogen-bond donors (Lipinski definition) is 0. The summed E-state index contributed by atoms with van der Waals surface area (Å²) in [5.41, 5.74) is 13.1. The van der Waals surface area contributed by atoms with E-state index in [1.54, 1.807) is 0 Å². The number of amidine groups is 1. The summed E-state index contributed by atoms with van der Waals surface area (Å²) in [5.74, 6) is 0.907. The molecule has 3 heteroatoms. The van der Waals surface area contributed by atoms with E-state index in [0.29, 0.717) is 11.5 Å². The van der Waals surface area contributed by atoms with Crippen LogP contribution in [0.3, 0.4) is 0 Å². The van der Waals surface area contributed by atoms with E-state index in [1.165, 1.54) is 28.1 Å². The van der Waals surface area contributed by atoms with Crippen LogP contribution in [-0.4, -0.2) is 17.6 Å². The van der Waals surface area contributed by atoms with Gasteiger partial charge in [-0.3, -0.25) is 0 Å². The van der Waals surface area contributed by atoms with Crippen LogP contribution in [0.25, 0.3) is 22.4 Å². The van der Waals surface area contributed by atoms with Crippen LogP contribution < -0.4 is 4.90 Å². The lowest BCUT2D eigenvalue weighted by Gasteiger charge is -2.29. The van der Waals surface area contributed by atoms with E-state index in [0.717, 1.165) is 33.5 Å². The van der Waals surface area contributed by atoms with Crippen molar-refractivity contribution in [2.75, 3.05) is 4.90 Å². The molecule has 2 atom stereocenters. The van der Waals surface area contributed by atoms with Crippen LogP contribution in [0.2, 0.25) is 0 Å². The topological polar surface area (TPSA) is 28.0 Å². The van der Waals surface area contributed by atoms with Gasteiger partial charge in [0.25, 0.3) is 0 Å². The molecule has 0 fully saturated rings. The molecule has 0 spiro atoms. The Morgan fingerprint density at radius 1 is 0.580 bits per heavy atom. The minimum absolute atomic E-state index is 0.242. The van der Waals surface area contributed by atoms with Crippen molar-refractivity contribution in [3.05, 3.63) is 216 Å². The van der Waals surface area contributed by atoms with Gasteiger partial charge in [0.1, 0.15) is 0 Å². The lowest BCUT2D eigenvalue weighted by molar-refractivity contribution is 0.747. The van der Waals surface area contributed by atoms with Crippen LogP contribution in [-0.2, 0) is 0 Å². The number of benzene rings is 6.